The van der Waals surface area contributed by atoms with Gasteiger partial charge in [-0.15, -0.1) is 0 Å². The van der Waals surface area contributed by atoms with Crippen LogP contribution in [0.25, 0.3) is 0 Å². The third-order valence-electron chi connectivity index (χ3n) is 11.2. The van der Waals surface area contributed by atoms with Crippen molar-refractivity contribution in [3.05, 3.63) is 53.6 Å². The number of hydrogen-bond acceptors (Lipinski definition) is 4. The fourth-order valence-electron chi connectivity index (χ4n) is 10.1. The topological polar surface area (TPSA) is 41.7 Å². The number of rotatable bonds is 4. The predicted molar refractivity (Wildman–Crippen MR) is 136 cm³/mol. The first kappa shape index (κ1) is 20.0. The summed E-state index contributed by atoms with van der Waals surface area (Å²) >= 11 is 0. The molecule has 2 N–H and O–H groups in total. The quantitative estimate of drug-likeness (QED) is 0.669. The minimum atomic E-state index is 0.297. The molecule has 0 amide bonds. The van der Waals surface area contributed by atoms with Gasteiger partial charge in [-0.25, -0.2) is 0 Å². The lowest BCUT2D eigenvalue weighted by atomic mass is 9.43. The second-order valence-corrected chi connectivity index (χ2v) is 12.4. The zero-order chi connectivity index (χ0) is 22.7. The molecular formula is C30H37N3O. The van der Waals surface area contributed by atoms with Crippen molar-refractivity contribution in [2.24, 2.45) is 23.2 Å². The molecule has 0 radical (unpaired) electrons. The Kier molecular flexibility index (Phi) is 3.96. The molecule has 2 aromatic carbocycles. The van der Waals surface area contributed by atoms with Crippen LogP contribution in [0.1, 0.15) is 49.7 Å². The van der Waals surface area contributed by atoms with E-state index in [4.69, 9.17) is 10.5 Å². The molecule has 5 unspecified atom stereocenters. The van der Waals surface area contributed by atoms with Crippen molar-refractivity contribution in [3.63, 3.8) is 0 Å². The van der Waals surface area contributed by atoms with Crippen LogP contribution in [0.2, 0.25) is 0 Å². The van der Waals surface area contributed by atoms with Gasteiger partial charge in [0.15, 0.2) is 0 Å². The van der Waals surface area contributed by atoms with Gasteiger partial charge in [0.1, 0.15) is 5.75 Å². The molecule has 8 rings (SSSR count). The second-order valence-electron chi connectivity index (χ2n) is 12.4. The summed E-state index contributed by atoms with van der Waals surface area (Å²) in [5.41, 5.74) is 12.8. The lowest BCUT2D eigenvalue weighted by Crippen LogP contribution is -2.69. The zero-order valence-electron chi connectivity index (χ0n) is 20.4. The van der Waals surface area contributed by atoms with Gasteiger partial charge in [0.05, 0.1) is 18.5 Å². The van der Waals surface area contributed by atoms with Crippen molar-refractivity contribution in [3.8, 4) is 5.75 Å². The molecule has 4 heteroatoms. The molecule has 5 fully saturated rings. The summed E-state index contributed by atoms with van der Waals surface area (Å²) in [6.07, 6.45) is 9.58. The van der Waals surface area contributed by atoms with Crippen molar-refractivity contribution >= 4 is 11.4 Å². The van der Waals surface area contributed by atoms with Gasteiger partial charge in [-0.1, -0.05) is 18.2 Å². The summed E-state index contributed by atoms with van der Waals surface area (Å²) in [7, 11) is 1.83. The first-order chi connectivity index (χ1) is 16.6. The highest BCUT2D eigenvalue weighted by Gasteiger charge is 2.76. The van der Waals surface area contributed by atoms with Crippen molar-refractivity contribution in [1.82, 2.24) is 4.90 Å². The Balaban J connectivity index is 1.29. The summed E-state index contributed by atoms with van der Waals surface area (Å²) in [6.45, 7) is 3.81. The van der Waals surface area contributed by atoms with Gasteiger partial charge < -0.3 is 15.4 Å². The number of nitrogens with zero attached hydrogens (tertiary/aromatic N) is 2. The maximum atomic E-state index is 6.53. The standard InChI is InChI=1S/C30H37N3O/c1-34-22-9-8-20-14-27-29-11-10-26-28(21(16-29)18-33(26)25-5-3-2-4-24(25)31)30(29,23(20)15-22)12-13-32(27)17-19-6-7-19/h2-5,8-9,15,19,21,26-28H,6-7,10-14,16-18,31H2,1H3/t21-,26?,27?,28?,29?,30?/m1/s1. The van der Waals surface area contributed by atoms with Gasteiger partial charge in [0.25, 0.3) is 0 Å². The van der Waals surface area contributed by atoms with Crippen molar-refractivity contribution in [1.29, 1.82) is 0 Å². The highest BCUT2D eigenvalue weighted by molar-refractivity contribution is 5.69. The fraction of sp³-hybridized carbons (Fsp3) is 0.600. The van der Waals surface area contributed by atoms with Crippen LogP contribution in [0, 0.1) is 23.2 Å². The highest BCUT2D eigenvalue weighted by atomic mass is 16.5. The zero-order valence-corrected chi connectivity index (χ0v) is 20.4. The molecule has 2 heterocycles. The van der Waals surface area contributed by atoms with Crippen LogP contribution >= 0.6 is 0 Å². The number of methoxy groups -OCH3 is 1. The monoisotopic (exact) mass is 455 g/mol. The Morgan fingerprint density at radius 1 is 1.09 bits per heavy atom. The number of nitrogen functional groups attached to an aromatic ring is 1. The van der Waals surface area contributed by atoms with E-state index < -0.39 is 0 Å². The summed E-state index contributed by atoms with van der Waals surface area (Å²) in [5, 5.41) is 0. The molecule has 4 aliphatic carbocycles. The molecule has 6 atom stereocenters. The van der Waals surface area contributed by atoms with Crippen LogP contribution in [-0.2, 0) is 11.8 Å². The molecule has 3 saturated carbocycles. The van der Waals surface area contributed by atoms with Crippen LogP contribution in [0.3, 0.4) is 0 Å². The Hall–Kier alpha value is -2.20. The van der Waals surface area contributed by atoms with Gasteiger partial charge in [0, 0.05) is 30.6 Å². The Labute approximate surface area is 203 Å². The molecule has 4 nitrogen and oxygen atoms in total. The minimum Gasteiger partial charge on any atom is -0.497 e. The lowest BCUT2D eigenvalue weighted by Gasteiger charge is -2.66. The third-order valence-corrected chi connectivity index (χ3v) is 11.2. The van der Waals surface area contributed by atoms with E-state index in [1.54, 1.807) is 11.1 Å². The van der Waals surface area contributed by atoms with E-state index in [9.17, 15) is 0 Å². The number of anilines is 2. The Bertz CT molecular complexity index is 1160. The number of benzene rings is 2. The van der Waals surface area contributed by atoms with Gasteiger partial charge in [-0.3, -0.25) is 4.90 Å². The molecule has 4 bridgehead atoms. The van der Waals surface area contributed by atoms with Crippen molar-refractivity contribution < 1.29 is 4.74 Å². The van der Waals surface area contributed by atoms with E-state index in [2.05, 4.69) is 52.3 Å². The average molecular weight is 456 g/mol. The van der Waals surface area contributed by atoms with Crippen LogP contribution in [0.4, 0.5) is 11.4 Å². The van der Waals surface area contributed by atoms with Gasteiger partial charge in [0.2, 0.25) is 0 Å². The lowest BCUT2D eigenvalue weighted by molar-refractivity contribution is -0.0920. The largest absolute Gasteiger partial charge is 0.497 e. The molecule has 2 aliphatic heterocycles. The maximum Gasteiger partial charge on any atom is 0.119 e. The van der Waals surface area contributed by atoms with Gasteiger partial charge in [-0.05, 0) is 110 Å². The molecule has 0 spiro atoms. The number of hydrogen-bond donors (Lipinski definition) is 1. The van der Waals surface area contributed by atoms with Crippen molar-refractivity contribution in [2.75, 3.05) is 37.4 Å². The highest BCUT2D eigenvalue weighted by Crippen LogP contribution is 2.75. The van der Waals surface area contributed by atoms with Crippen molar-refractivity contribution in [2.45, 2.75) is 62.4 Å². The summed E-state index contributed by atoms with van der Waals surface area (Å²) < 4.78 is 5.80. The fourth-order valence-corrected chi connectivity index (χ4v) is 10.1. The maximum absolute atomic E-state index is 6.53. The number of likely N-dealkylation sites (tertiary alicyclic amines) is 1. The van der Waals surface area contributed by atoms with E-state index in [0.29, 0.717) is 16.9 Å². The number of ether oxygens (including phenoxy) is 1. The summed E-state index contributed by atoms with van der Waals surface area (Å²) in [4.78, 5) is 5.69. The van der Waals surface area contributed by atoms with Gasteiger partial charge in [-0.2, -0.15) is 0 Å². The number of piperidine rings is 1. The Morgan fingerprint density at radius 2 is 1.97 bits per heavy atom. The SMILES string of the molecule is COc1ccc2c(c1)C13CCN(CC4CC4)C(C2)C12CCC1C3[C@@H](CN1c1ccccc1N)C2. The van der Waals surface area contributed by atoms with E-state index in [-0.39, 0.29) is 0 Å². The van der Waals surface area contributed by atoms with Crippen LogP contribution in [-0.4, -0.2) is 43.7 Å². The van der Waals surface area contributed by atoms with Gasteiger partial charge >= 0.3 is 0 Å². The molecule has 2 aromatic rings. The van der Waals surface area contributed by atoms with Crippen LogP contribution in [0.5, 0.6) is 5.75 Å². The molecular weight excluding hydrogens is 418 g/mol. The third kappa shape index (κ3) is 2.34. The molecule has 2 saturated heterocycles. The van der Waals surface area contributed by atoms with E-state index >= 15 is 0 Å². The molecule has 178 valence electrons. The van der Waals surface area contributed by atoms with E-state index in [0.717, 1.165) is 35.2 Å². The summed E-state index contributed by atoms with van der Waals surface area (Å²) in [5.74, 6) is 3.52. The average Bonchev–Trinajstić information content (AvgIpc) is 3.55. The Morgan fingerprint density at radius 3 is 2.79 bits per heavy atom. The van der Waals surface area contributed by atoms with E-state index in [1.807, 2.05) is 7.11 Å². The van der Waals surface area contributed by atoms with Crippen LogP contribution in [0.15, 0.2) is 42.5 Å². The minimum absolute atomic E-state index is 0.297. The van der Waals surface area contributed by atoms with E-state index in [1.165, 1.54) is 70.3 Å². The number of fused-ring (bicyclic) bond motifs is 1. The molecule has 0 aromatic heterocycles. The molecule has 34 heavy (non-hydrogen) atoms. The van der Waals surface area contributed by atoms with Crippen LogP contribution < -0.4 is 15.4 Å². The number of para-hydroxylation sites is 2. The predicted octanol–water partition coefficient (Wildman–Crippen LogP) is 4.86. The first-order valence-electron chi connectivity index (χ1n) is 13.7. The normalized spacial score (nSPS) is 39.6. The number of nitrogens with two attached hydrogens (primary N) is 1. The molecule has 6 aliphatic rings. The first-order valence-corrected chi connectivity index (χ1v) is 13.7. The summed E-state index contributed by atoms with van der Waals surface area (Å²) in [6, 6.07) is 17.0. The second kappa shape index (κ2) is 6.72. The smallest absolute Gasteiger partial charge is 0.119 e.